The van der Waals surface area contributed by atoms with Crippen molar-refractivity contribution in [2.45, 2.75) is 13.0 Å². The monoisotopic (exact) mass is 159 g/mol. The van der Waals surface area contributed by atoms with Crippen molar-refractivity contribution in [3.63, 3.8) is 0 Å². The summed E-state index contributed by atoms with van der Waals surface area (Å²) in [5.74, 6) is -2.88. The smallest absolute Gasteiger partial charge is 0.309 e. The number of hydrogen-bond donors (Lipinski definition) is 3. The first-order chi connectivity index (χ1) is 4.95. The highest BCUT2D eigenvalue weighted by atomic mass is 16.2. The van der Waals surface area contributed by atoms with Crippen molar-refractivity contribution in [1.29, 1.82) is 0 Å². The number of hydrogen-bond acceptors (Lipinski definition) is 3. The van der Waals surface area contributed by atoms with Crippen molar-refractivity contribution >= 4 is 17.7 Å². The lowest BCUT2D eigenvalue weighted by molar-refractivity contribution is -0.138. The third kappa shape index (κ3) is 3.19. The minimum absolute atomic E-state index is 0.723. The minimum Gasteiger partial charge on any atom is -0.368 e. The molecule has 0 aliphatic heterocycles. The van der Waals surface area contributed by atoms with Gasteiger partial charge in [0.05, 0.1) is 0 Å². The van der Waals surface area contributed by atoms with Crippen LogP contribution in [-0.2, 0) is 14.4 Å². The molecule has 0 heterocycles. The lowest BCUT2D eigenvalue weighted by Gasteiger charge is -2.06. The highest BCUT2D eigenvalue weighted by Gasteiger charge is 2.15. The molecule has 62 valence electrons. The Morgan fingerprint density at radius 1 is 1.27 bits per heavy atom. The minimum atomic E-state index is -1.14. The van der Waals surface area contributed by atoms with Crippen LogP contribution in [-0.4, -0.2) is 23.8 Å². The van der Waals surface area contributed by atoms with E-state index in [2.05, 4.69) is 5.73 Å². The van der Waals surface area contributed by atoms with Crippen molar-refractivity contribution < 1.29 is 14.4 Å². The Labute approximate surface area is 62.9 Å². The van der Waals surface area contributed by atoms with E-state index in [9.17, 15) is 14.4 Å². The summed E-state index contributed by atoms with van der Waals surface area (Å²) in [5.41, 5.74) is 9.36. The molecule has 11 heavy (non-hydrogen) atoms. The van der Waals surface area contributed by atoms with Gasteiger partial charge in [-0.3, -0.25) is 14.4 Å². The van der Waals surface area contributed by atoms with Gasteiger partial charge in [0.15, 0.2) is 0 Å². The van der Waals surface area contributed by atoms with E-state index in [1.165, 1.54) is 6.92 Å². The molecule has 6 nitrogen and oxygen atoms in total. The van der Waals surface area contributed by atoms with Crippen LogP contribution in [0.2, 0.25) is 0 Å². The summed E-state index contributed by atoms with van der Waals surface area (Å²) in [5, 5.41) is 1.99. The molecule has 0 spiro atoms. The first kappa shape index (κ1) is 9.41. The second-order valence-corrected chi connectivity index (χ2v) is 1.96. The summed E-state index contributed by atoms with van der Waals surface area (Å²) in [7, 11) is 0. The second-order valence-electron chi connectivity index (χ2n) is 1.96. The van der Waals surface area contributed by atoms with Gasteiger partial charge < -0.3 is 16.8 Å². The standard InChI is InChI=1S/C5H9N3O3/c1-2(3(6)9)8-5(11)4(7)10/h2H,1H3,(H2,6,9)(H2,7,10)(H,8,11). The van der Waals surface area contributed by atoms with E-state index in [0.29, 0.717) is 0 Å². The largest absolute Gasteiger partial charge is 0.368 e. The molecule has 5 N–H and O–H groups in total. The van der Waals surface area contributed by atoms with E-state index in [1.54, 1.807) is 0 Å². The number of amides is 3. The van der Waals surface area contributed by atoms with Gasteiger partial charge in [-0.2, -0.15) is 0 Å². The van der Waals surface area contributed by atoms with E-state index in [-0.39, 0.29) is 0 Å². The van der Waals surface area contributed by atoms with Crippen molar-refractivity contribution in [3.05, 3.63) is 0 Å². The Kier molecular flexibility index (Phi) is 3.03. The molecule has 0 fully saturated rings. The van der Waals surface area contributed by atoms with E-state index < -0.39 is 23.8 Å². The molecule has 0 aromatic heterocycles. The van der Waals surface area contributed by atoms with Gasteiger partial charge in [0, 0.05) is 0 Å². The van der Waals surface area contributed by atoms with Crippen LogP contribution in [0.4, 0.5) is 0 Å². The molecule has 0 aromatic rings. The summed E-state index contributed by atoms with van der Waals surface area (Å²) in [6.07, 6.45) is 0. The zero-order valence-electron chi connectivity index (χ0n) is 5.96. The molecule has 0 saturated heterocycles. The van der Waals surface area contributed by atoms with Crippen molar-refractivity contribution in [3.8, 4) is 0 Å². The van der Waals surface area contributed by atoms with E-state index in [1.807, 2.05) is 5.32 Å². The maximum Gasteiger partial charge on any atom is 0.309 e. The van der Waals surface area contributed by atoms with Crippen molar-refractivity contribution in [2.24, 2.45) is 11.5 Å². The van der Waals surface area contributed by atoms with Crippen LogP contribution in [0.5, 0.6) is 0 Å². The van der Waals surface area contributed by atoms with Crippen LogP contribution in [0.1, 0.15) is 6.92 Å². The molecule has 0 saturated carbocycles. The van der Waals surface area contributed by atoms with E-state index >= 15 is 0 Å². The van der Waals surface area contributed by atoms with Crippen molar-refractivity contribution in [2.75, 3.05) is 0 Å². The summed E-state index contributed by atoms with van der Waals surface area (Å²) in [6.45, 7) is 1.35. The molecule has 0 aliphatic rings. The molecule has 1 unspecified atom stereocenters. The third-order valence-corrected chi connectivity index (χ3v) is 0.998. The fraction of sp³-hybridized carbons (Fsp3) is 0.400. The highest BCUT2D eigenvalue weighted by Crippen LogP contribution is 1.77. The number of primary amides is 2. The Hall–Kier alpha value is -1.59. The molecule has 0 aromatic carbocycles. The molecular formula is C5H9N3O3. The number of carbonyl (C=O) groups is 3. The van der Waals surface area contributed by atoms with Gasteiger partial charge >= 0.3 is 11.8 Å². The Bertz CT molecular complexity index is 201. The van der Waals surface area contributed by atoms with E-state index in [0.717, 1.165) is 0 Å². The van der Waals surface area contributed by atoms with Crippen LogP contribution < -0.4 is 16.8 Å². The van der Waals surface area contributed by atoms with Crippen LogP contribution in [0.15, 0.2) is 0 Å². The van der Waals surface area contributed by atoms with Crippen molar-refractivity contribution in [1.82, 2.24) is 5.32 Å². The molecule has 0 aliphatic carbocycles. The number of rotatable bonds is 2. The summed E-state index contributed by atoms with van der Waals surface area (Å²) in [6, 6.07) is -0.880. The average Bonchev–Trinajstić information content (AvgIpc) is 1.87. The van der Waals surface area contributed by atoms with Gasteiger partial charge in [0.2, 0.25) is 5.91 Å². The molecule has 0 rings (SSSR count). The topological polar surface area (TPSA) is 115 Å². The predicted molar refractivity (Wildman–Crippen MR) is 36.0 cm³/mol. The van der Waals surface area contributed by atoms with Gasteiger partial charge in [-0.05, 0) is 6.92 Å². The fourth-order valence-corrected chi connectivity index (χ4v) is 0.339. The number of nitrogens with one attached hydrogen (secondary N) is 1. The van der Waals surface area contributed by atoms with Crippen LogP contribution >= 0.6 is 0 Å². The highest BCUT2D eigenvalue weighted by molar-refractivity contribution is 6.34. The van der Waals surface area contributed by atoms with Gasteiger partial charge in [-0.25, -0.2) is 0 Å². The molecule has 6 heteroatoms. The number of carbonyl (C=O) groups excluding carboxylic acids is 3. The van der Waals surface area contributed by atoms with Gasteiger partial charge in [-0.15, -0.1) is 0 Å². The molecular weight excluding hydrogens is 150 g/mol. The zero-order chi connectivity index (χ0) is 9.02. The van der Waals surface area contributed by atoms with Crippen LogP contribution in [0.25, 0.3) is 0 Å². The fourth-order valence-electron chi connectivity index (χ4n) is 0.339. The molecule has 0 radical (unpaired) electrons. The molecule has 0 bridgehead atoms. The van der Waals surface area contributed by atoms with E-state index in [4.69, 9.17) is 5.73 Å². The lowest BCUT2D eigenvalue weighted by Crippen LogP contribution is -2.46. The average molecular weight is 159 g/mol. The predicted octanol–water partition coefficient (Wildman–Crippen LogP) is -2.54. The van der Waals surface area contributed by atoms with Gasteiger partial charge in [0.1, 0.15) is 6.04 Å². The molecule has 3 amide bonds. The third-order valence-electron chi connectivity index (χ3n) is 0.998. The first-order valence-corrected chi connectivity index (χ1v) is 2.84. The summed E-state index contributed by atoms with van der Waals surface area (Å²) in [4.78, 5) is 30.9. The Morgan fingerprint density at radius 2 is 1.73 bits per heavy atom. The SMILES string of the molecule is CC(NC(=O)C(N)=O)C(N)=O. The lowest BCUT2D eigenvalue weighted by atomic mass is 10.3. The second kappa shape index (κ2) is 3.55. The quantitative estimate of drug-likeness (QED) is 0.385. The first-order valence-electron chi connectivity index (χ1n) is 2.84. The Balaban J connectivity index is 3.95. The van der Waals surface area contributed by atoms with Gasteiger partial charge in [-0.1, -0.05) is 0 Å². The normalized spacial score (nSPS) is 11.7. The van der Waals surface area contributed by atoms with Crippen LogP contribution in [0, 0.1) is 0 Å². The molecule has 1 atom stereocenters. The summed E-state index contributed by atoms with van der Waals surface area (Å²) < 4.78 is 0. The van der Waals surface area contributed by atoms with Gasteiger partial charge in [0.25, 0.3) is 0 Å². The number of nitrogens with two attached hydrogens (primary N) is 2. The zero-order valence-corrected chi connectivity index (χ0v) is 5.96. The Morgan fingerprint density at radius 3 is 2.00 bits per heavy atom. The summed E-state index contributed by atoms with van der Waals surface area (Å²) >= 11 is 0. The maximum absolute atomic E-state index is 10.5. The van der Waals surface area contributed by atoms with Crippen LogP contribution in [0.3, 0.4) is 0 Å². The maximum atomic E-state index is 10.5.